The van der Waals surface area contributed by atoms with Crippen molar-refractivity contribution >= 4 is 17.5 Å². The average molecular weight is 236 g/mol. The van der Waals surface area contributed by atoms with E-state index in [1.807, 2.05) is 6.07 Å². The fourth-order valence-corrected chi connectivity index (χ4v) is 1.59. The molecule has 0 aliphatic heterocycles. The maximum Gasteiger partial charge on any atom is 0.219 e. The van der Waals surface area contributed by atoms with Crippen LogP contribution in [0.2, 0.25) is 5.02 Å². The maximum atomic E-state index is 6.02. The molecule has 0 aliphatic rings. The van der Waals surface area contributed by atoms with E-state index in [4.69, 9.17) is 22.1 Å². The summed E-state index contributed by atoms with van der Waals surface area (Å²) in [6.45, 7) is 0. The molecule has 0 fully saturated rings. The van der Waals surface area contributed by atoms with Gasteiger partial charge in [0.25, 0.3) is 0 Å². The second kappa shape index (κ2) is 4.37. The van der Waals surface area contributed by atoms with Crippen LogP contribution >= 0.6 is 11.6 Å². The number of hydrogen-bond acceptors (Lipinski definition) is 4. The van der Waals surface area contributed by atoms with E-state index in [-0.39, 0.29) is 5.95 Å². The topological polar surface area (TPSA) is 61.0 Å². The molecule has 2 rings (SSSR count). The lowest BCUT2D eigenvalue weighted by Crippen LogP contribution is -1.93. The number of ether oxygens (including phenoxy) is 1. The summed E-state index contributed by atoms with van der Waals surface area (Å²) in [5.41, 5.74) is 7.19. The van der Waals surface area contributed by atoms with Crippen LogP contribution in [0, 0.1) is 0 Å². The number of methoxy groups -OCH3 is 1. The standard InChI is InChI=1S/C11H10ClN3O/c1-16-10-3-2-7(4-9(10)12)8-5-14-11(13)15-6-8/h2-6H,1H3,(H2,13,14,15). The smallest absolute Gasteiger partial charge is 0.219 e. The average Bonchev–Trinajstić information content (AvgIpc) is 2.30. The van der Waals surface area contributed by atoms with E-state index in [9.17, 15) is 0 Å². The lowest BCUT2D eigenvalue weighted by atomic mass is 10.1. The van der Waals surface area contributed by atoms with Crippen molar-refractivity contribution in [1.29, 1.82) is 0 Å². The molecule has 1 aromatic carbocycles. The third-order valence-corrected chi connectivity index (χ3v) is 2.45. The van der Waals surface area contributed by atoms with Crippen LogP contribution in [0.1, 0.15) is 0 Å². The van der Waals surface area contributed by atoms with Crippen LogP contribution in [0.3, 0.4) is 0 Å². The van der Waals surface area contributed by atoms with Gasteiger partial charge in [0.05, 0.1) is 12.1 Å². The van der Waals surface area contributed by atoms with Crippen molar-refractivity contribution in [3.8, 4) is 16.9 Å². The molecule has 0 unspecified atom stereocenters. The molecule has 0 atom stereocenters. The van der Waals surface area contributed by atoms with Gasteiger partial charge in [-0.3, -0.25) is 0 Å². The Kier molecular flexibility index (Phi) is 2.92. The van der Waals surface area contributed by atoms with Crippen LogP contribution < -0.4 is 10.5 Å². The van der Waals surface area contributed by atoms with E-state index < -0.39 is 0 Å². The molecule has 5 heteroatoms. The van der Waals surface area contributed by atoms with E-state index >= 15 is 0 Å². The molecule has 0 amide bonds. The molecule has 0 aliphatic carbocycles. The highest BCUT2D eigenvalue weighted by atomic mass is 35.5. The Bertz CT molecular complexity index is 499. The Balaban J connectivity index is 2.41. The summed E-state index contributed by atoms with van der Waals surface area (Å²) in [4.78, 5) is 7.84. The summed E-state index contributed by atoms with van der Waals surface area (Å²) in [6, 6.07) is 5.49. The van der Waals surface area contributed by atoms with Crippen molar-refractivity contribution in [2.45, 2.75) is 0 Å². The lowest BCUT2D eigenvalue weighted by Gasteiger charge is -2.05. The minimum atomic E-state index is 0.253. The number of aromatic nitrogens is 2. The van der Waals surface area contributed by atoms with Crippen molar-refractivity contribution in [3.63, 3.8) is 0 Å². The van der Waals surface area contributed by atoms with Gasteiger partial charge in [0.2, 0.25) is 5.95 Å². The molecule has 1 aromatic heterocycles. The van der Waals surface area contributed by atoms with E-state index in [1.54, 1.807) is 31.6 Å². The van der Waals surface area contributed by atoms with Crippen molar-refractivity contribution in [2.75, 3.05) is 12.8 Å². The first kappa shape index (κ1) is 10.7. The number of nitrogens with zero attached hydrogens (tertiary/aromatic N) is 2. The summed E-state index contributed by atoms with van der Waals surface area (Å²) >= 11 is 6.02. The third-order valence-electron chi connectivity index (χ3n) is 2.16. The fraction of sp³-hybridized carbons (Fsp3) is 0.0909. The highest BCUT2D eigenvalue weighted by Gasteiger charge is 2.04. The second-order valence-corrected chi connectivity index (χ2v) is 3.59. The van der Waals surface area contributed by atoms with Gasteiger partial charge in [-0.1, -0.05) is 17.7 Å². The lowest BCUT2D eigenvalue weighted by molar-refractivity contribution is 0.415. The first-order valence-corrected chi connectivity index (χ1v) is 5.00. The van der Waals surface area contributed by atoms with Gasteiger partial charge in [0.15, 0.2) is 0 Å². The molecule has 82 valence electrons. The van der Waals surface area contributed by atoms with Crippen molar-refractivity contribution in [2.24, 2.45) is 0 Å². The number of halogens is 1. The molecule has 1 heterocycles. The van der Waals surface area contributed by atoms with Gasteiger partial charge in [-0.25, -0.2) is 9.97 Å². The van der Waals surface area contributed by atoms with Crippen LogP contribution in [0.4, 0.5) is 5.95 Å². The van der Waals surface area contributed by atoms with Crippen molar-refractivity contribution in [1.82, 2.24) is 9.97 Å². The molecule has 0 spiro atoms. The van der Waals surface area contributed by atoms with Crippen LogP contribution in [0.15, 0.2) is 30.6 Å². The van der Waals surface area contributed by atoms with Crippen LogP contribution in [-0.4, -0.2) is 17.1 Å². The quantitative estimate of drug-likeness (QED) is 0.868. The Hall–Kier alpha value is -1.81. The highest BCUT2D eigenvalue weighted by Crippen LogP contribution is 2.29. The highest BCUT2D eigenvalue weighted by molar-refractivity contribution is 6.32. The van der Waals surface area contributed by atoms with Gasteiger partial charge in [-0.2, -0.15) is 0 Å². The predicted octanol–water partition coefficient (Wildman–Crippen LogP) is 2.39. The van der Waals surface area contributed by atoms with Gasteiger partial charge < -0.3 is 10.5 Å². The summed E-state index contributed by atoms with van der Waals surface area (Å²) < 4.78 is 5.07. The number of nitrogens with two attached hydrogens (primary N) is 1. The van der Waals surface area contributed by atoms with Crippen molar-refractivity contribution in [3.05, 3.63) is 35.6 Å². The molecular weight excluding hydrogens is 226 g/mol. The summed E-state index contributed by atoms with van der Waals surface area (Å²) in [5.74, 6) is 0.894. The second-order valence-electron chi connectivity index (χ2n) is 3.18. The van der Waals surface area contributed by atoms with Crippen molar-refractivity contribution < 1.29 is 4.74 Å². The Labute approximate surface area is 98.0 Å². The Morgan fingerprint density at radius 1 is 1.19 bits per heavy atom. The van der Waals surface area contributed by atoms with E-state index in [0.717, 1.165) is 11.1 Å². The summed E-state index contributed by atoms with van der Waals surface area (Å²) in [7, 11) is 1.58. The van der Waals surface area contributed by atoms with E-state index in [2.05, 4.69) is 9.97 Å². The number of rotatable bonds is 2. The molecule has 2 aromatic rings. The number of hydrogen-bond donors (Lipinski definition) is 1. The molecule has 4 nitrogen and oxygen atoms in total. The largest absolute Gasteiger partial charge is 0.495 e. The normalized spacial score (nSPS) is 10.1. The molecule has 0 bridgehead atoms. The summed E-state index contributed by atoms with van der Waals surface area (Å²) in [5, 5.41) is 0.553. The molecule has 2 N–H and O–H groups in total. The first-order valence-electron chi connectivity index (χ1n) is 4.62. The maximum absolute atomic E-state index is 6.02. The molecule has 16 heavy (non-hydrogen) atoms. The predicted molar refractivity (Wildman–Crippen MR) is 63.4 cm³/mol. The van der Waals surface area contributed by atoms with Crippen LogP contribution in [-0.2, 0) is 0 Å². The van der Waals surface area contributed by atoms with Gasteiger partial charge >= 0.3 is 0 Å². The van der Waals surface area contributed by atoms with Gasteiger partial charge in [-0.05, 0) is 17.7 Å². The first-order chi connectivity index (χ1) is 7.70. The number of benzene rings is 1. The zero-order chi connectivity index (χ0) is 11.5. The van der Waals surface area contributed by atoms with Gasteiger partial charge in [-0.15, -0.1) is 0 Å². The molecule has 0 saturated heterocycles. The minimum absolute atomic E-state index is 0.253. The Morgan fingerprint density at radius 2 is 1.88 bits per heavy atom. The van der Waals surface area contributed by atoms with Gasteiger partial charge in [0, 0.05) is 18.0 Å². The third kappa shape index (κ3) is 2.06. The number of anilines is 1. The number of nitrogen functional groups attached to an aromatic ring is 1. The Morgan fingerprint density at radius 3 is 2.44 bits per heavy atom. The van der Waals surface area contributed by atoms with Crippen LogP contribution in [0.5, 0.6) is 5.75 Å². The molecular formula is C11H10ClN3O. The molecule has 0 radical (unpaired) electrons. The summed E-state index contributed by atoms with van der Waals surface area (Å²) in [6.07, 6.45) is 3.31. The zero-order valence-electron chi connectivity index (χ0n) is 8.64. The SMILES string of the molecule is COc1ccc(-c2cnc(N)nc2)cc1Cl. The van der Waals surface area contributed by atoms with E-state index in [1.165, 1.54) is 0 Å². The fourth-order valence-electron chi connectivity index (χ4n) is 1.33. The minimum Gasteiger partial charge on any atom is -0.495 e. The monoisotopic (exact) mass is 235 g/mol. The molecule has 0 saturated carbocycles. The van der Waals surface area contributed by atoms with E-state index in [0.29, 0.717) is 10.8 Å². The zero-order valence-corrected chi connectivity index (χ0v) is 9.40. The van der Waals surface area contributed by atoms with Gasteiger partial charge in [0.1, 0.15) is 5.75 Å². The van der Waals surface area contributed by atoms with Crippen LogP contribution in [0.25, 0.3) is 11.1 Å².